The van der Waals surface area contributed by atoms with Gasteiger partial charge < -0.3 is 9.47 Å². The number of nitrogens with zero attached hydrogens (tertiary/aromatic N) is 5. The van der Waals surface area contributed by atoms with Crippen molar-refractivity contribution in [3.05, 3.63) is 35.2 Å². The summed E-state index contributed by atoms with van der Waals surface area (Å²) in [5.74, 6) is -1.56. The Kier molecular flexibility index (Phi) is 6.49. The van der Waals surface area contributed by atoms with Gasteiger partial charge in [-0.05, 0) is 37.1 Å². The monoisotopic (exact) mass is 397 g/mol. The Balaban J connectivity index is 2.17. The first kappa shape index (κ1) is 20.8. The summed E-state index contributed by atoms with van der Waals surface area (Å²) in [6.07, 6.45) is -4.46. The van der Waals surface area contributed by atoms with Crippen LogP contribution in [0.5, 0.6) is 0 Å². The summed E-state index contributed by atoms with van der Waals surface area (Å²) in [6.45, 7) is 4.00. The molecule has 0 radical (unpaired) electrons. The van der Waals surface area contributed by atoms with Crippen molar-refractivity contribution in [1.29, 1.82) is 5.26 Å². The molecular weight excluding hydrogens is 379 g/mol. The molecule has 1 aromatic carbocycles. The molecule has 1 heterocycles. The molecule has 0 N–H and O–H groups in total. The molecule has 0 bridgehead atoms. The number of hydrogen-bond acceptors (Lipinski definition) is 5. The number of rotatable bonds is 6. The number of aryl methyl sites for hydroxylation is 2. The lowest BCUT2D eigenvalue weighted by molar-refractivity contribution is -0.147. The van der Waals surface area contributed by atoms with Crippen LogP contribution in [0.4, 0.5) is 18.9 Å². The Morgan fingerprint density at radius 2 is 1.89 bits per heavy atom. The number of anilines is 1. The van der Waals surface area contributed by atoms with Crippen molar-refractivity contribution >= 4 is 23.4 Å². The number of benzene rings is 1. The second-order valence-corrected chi connectivity index (χ2v) is 6.89. The highest BCUT2D eigenvalue weighted by Gasteiger charge is 2.37. The average molecular weight is 397 g/mol. The van der Waals surface area contributed by atoms with Crippen molar-refractivity contribution in [3.63, 3.8) is 0 Å². The van der Waals surface area contributed by atoms with Gasteiger partial charge in [0, 0.05) is 19.3 Å². The predicted octanol–water partition coefficient (Wildman–Crippen LogP) is 3.49. The number of carbonyl (C=O) groups excluding carboxylic acids is 1. The average Bonchev–Trinajstić information content (AvgIpc) is 2.93. The van der Waals surface area contributed by atoms with E-state index in [1.165, 1.54) is 11.9 Å². The van der Waals surface area contributed by atoms with Crippen LogP contribution in [-0.2, 0) is 18.0 Å². The molecular formula is C17H18F3N5OS. The molecule has 10 heteroatoms. The standard InChI is InChI=1S/C17H18F3N5OS/c1-11-7-12(2)9-13(8-11)25(6-4-5-21)14(26)10-27-16-23-22-15(24(16)3)17(18,19)20/h7-9H,4,6,10H2,1-3H3. The van der Waals surface area contributed by atoms with Gasteiger partial charge in [0.15, 0.2) is 5.16 Å². The number of aromatic nitrogens is 3. The van der Waals surface area contributed by atoms with Crippen molar-refractivity contribution in [3.8, 4) is 6.07 Å². The van der Waals surface area contributed by atoms with E-state index in [2.05, 4.69) is 10.2 Å². The summed E-state index contributed by atoms with van der Waals surface area (Å²) in [6, 6.07) is 7.63. The lowest BCUT2D eigenvalue weighted by atomic mass is 10.1. The second kappa shape index (κ2) is 8.43. The van der Waals surface area contributed by atoms with Crippen LogP contribution in [0.3, 0.4) is 0 Å². The summed E-state index contributed by atoms with van der Waals surface area (Å²) in [5, 5.41) is 15.5. The van der Waals surface area contributed by atoms with E-state index < -0.39 is 12.0 Å². The predicted molar refractivity (Wildman–Crippen MR) is 95.2 cm³/mol. The number of amides is 1. The molecule has 1 amide bonds. The van der Waals surface area contributed by atoms with E-state index in [0.29, 0.717) is 5.69 Å². The number of hydrogen-bond donors (Lipinski definition) is 0. The number of thioether (sulfide) groups is 1. The van der Waals surface area contributed by atoms with Crippen LogP contribution in [0.15, 0.2) is 23.4 Å². The Labute approximate surface area is 159 Å². The maximum Gasteiger partial charge on any atom is 0.451 e. The molecule has 27 heavy (non-hydrogen) atoms. The summed E-state index contributed by atoms with van der Waals surface area (Å²) >= 11 is 0.872. The van der Waals surface area contributed by atoms with Crippen LogP contribution < -0.4 is 4.90 Å². The number of alkyl halides is 3. The smallest absolute Gasteiger partial charge is 0.311 e. The van der Waals surface area contributed by atoms with E-state index in [0.717, 1.165) is 27.5 Å². The zero-order chi connectivity index (χ0) is 20.2. The van der Waals surface area contributed by atoms with Gasteiger partial charge in [-0.3, -0.25) is 4.79 Å². The van der Waals surface area contributed by atoms with E-state index in [4.69, 9.17) is 5.26 Å². The van der Waals surface area contributed by atoms with Gasteiger partial charge in [-0.15, -0.1) is 10.2 Å². The fourth-order valence-electron chi connectivity index (χ4n) is 2.56. The van der Waals surface area contributed by atoms with Crippen molar-refractivity contribution in [2.45, 2.75) is 31.6 Å². The Hall–Kier alpha value is -2.54. The highest BCUT2D eigenvalue weighted by atomic mass is 32.2. The first-order valence-electron chi connectivity index (χ1n) is 7.98. The van der Waals surface area contributed by atoms with Crippen molar-refractivity contribution in [1.82, 2.24) is 14.8 Å². The first-order valence-corrected chi connectivity index (χ1v) is 8.97. The van der Waals surface area contributed by atoms with E-state index in [1.54, 1.807) is 0 Å². The Morgan fingerprint density at radius 3 is 2.41 bits per heavy atom. The molecule has 6 nitrogen and oxygen atoms in total. The minimum absolute atomic E-state index is 0.00340. The number of carbonyl (C=O) groups is 1. The summed E-state index contributed by atoms with van der Waals surface area (Å²) < 4.78 is 39.2. The lowest BCUT2D eigenvalue weighted by Crippen LogP contribution is -2.33. The zero-order valence-corrected chi connectivity index (χ0v) is 15.9. The highest BCUT2D eigenvalue weighted by Crippen LogP contribution is 2.30. The molecule has 0 aliphatic heterocycles. The molecule has 0 saturated carbocycles. The van der Waals surface area contributed by atoms with Crippen LogP contribution in [0.25, 0.3) is 0 Å². The summed E-state index contributed by atoms with van der Waals surface area (Å²) in [4.78, 5) is 14.1. The fraction of sp³-hybridized carbons (Fsp3) is 0.412. The molecule has 0 aliphatic carbocycles. The zero-order valence-electron chi connectivity index (χ0n) is 15.0. The third-order valence-electron chi connectivity index (χ3n) is 3.68. The second-order valence-electron chi connectivity index (χ2n) is 5.95. The van der Waals surface area contributed by atoms with Crippen LogP contribution in [0.2, 0.25) is 0 Å². The van der Waals surface area contributed by atoms with Gasteiger partial charge in [0.1, 0.15) is 0 Å². The normalized spacial score (nSPS) is 11.3. The third-order valence-corrected chi connectivity index (χ3v) is 4.68. The molecule has 1 aromatic heterocycles. The molecule has 0 saturated heterocycles. The quantitative estimate of drug-likeness (QED) is 0.698. The fourth-order valence-corrected chi connectivity index (χ4v) is 3.34. The maximum atomic E-state index is 12.8. The summed E-state index contributed by atoms with van der Waals surface area (Å²) in [5.41, 5.74) is 2.59. The van der Waals surface area contributed by atoms with Gasteiger partial charge in [0.25, 0.3) is 0 Å². The first-order chi connectivity index (χ1) is 12.6. The van der Waals surface area contributed by atoms with Crippen molar-refractivity contribution < 1.29 is 18.0 Å². The van der Waals surface area contributed by atoms with Crippen LogP contribution in [0, 0.1) is 25.2 Å². The molecule has 0 aliphatic rings. The minimum Gasteiger partial charge on any atom is -0.311 e. The van der Waals surface area contributed by atoms with E-state index in [9.17, 15) is 18.0 Å². The molecule has 0 spiro atoms. The largest absolute Gasteiger partial charge is 0.451 e. The van der Waals surface area contributed by atoms with E-state index in [-0.39, 0.29) is 29.8 Å². The van der Waals surface area contributed by atoms with Crippen molar-refractivity contribution in [2.24, 2.45) is 7.05 Å². The van der Waals surface area contributed by atoms with Crippen molar-refractivity contribution in [2.75, 3.05) is 17.2 Å². The van der Waals surface area contributed by atoms with Crippen LogP contribution in [-0.4, -0.2) is 33.0 Å². The summed E-state index contributed by atoms with van der Waals surface area (Å²) in [7, 11) is 1.20. The van der Waals surface area contributed by atoms with Gasteiger partial charge in [-0.1, -0.05) is 17.8 Å². The van der Waals surface area contributed by atoms with Crippen LogP contribution >= 0.6 is 11.8 Å². The maximum absolute atomic E-state index is 12.8. The SMILES string of the molecule is Cc1cc(C)cc(N(CCC#N)C(=O)CSc2nnc(C(F)(F)F)n2C)c1. The van der Waals surface area contributed by atoms with Gasteiger partial charge in [0.05, 0.1) is 18.2 Å². The van der Waals surface area contributed by atoms with Gasteiger partial charge >= 0.3 is 6.18 Å². The number of halogens is 3. The Bertz CT molecular complexity index is 852. The highest BCUT2D eigenvalue weighted by molar-refractivity contribution is 7.99. The van der Waals surface area contributed by atoms with E-state index in [1.807, 2.05) is 38.1 Å². The molecule has 0 atom stereocenters. The molecule has 144 valence electrons. The van der Waals surface area contributed by atoms with Crippen LogP contribution in [0.1, 0.15) is 23.4 Å². The molecule has 0 fully saturated rings. The lowest BCUT2D eigenvalue weighted by Gasteiger charge is -2.22. The topological polar surface area (TPSA) is 74.8 Å². The third kappa shape index (κ3) is 5.23. The molecule has 2 rings (SSSR count). The number of nitriles is 1. The Morgan fingerprint density at radius 1 is 1.26 bits per heavy atom. The molecule has 0 unspecified atom stereocenters. The van der Waals surface area contributed by atoms with E-state index >= 15 is 0 Å². The minimum atomic E-state index is -4.61. The van der Waals surface area contributed by atoms with Gasteiger partial charge in [-0.25, -0.2) is 0 Å². The van der Waals surface area contributed by atoms with Gasteiger partial charge in [0.2, 0.25) is 11.7 Å². The molecule has 2 aromatic rings. The van der Waals surface area contributed by atoms with Gasteiger partial charge in [-0.2, -0.15) is 18.4 Å².